The largest absolute Gasteiger partial charge is 0.494 e. The first kappa shape index (κ1) is 20.2. The molecule has 0 spiro atoms. The van der Waals surface area contributed by atoms with E-state index in [0.717, 1.165) is 16.8 Å². The fourth-order valence-electron chi connectivity index (χ4n) is 2.90. The van der Waals surface area contributed by atoms with Gasteiger partial charge in [0.05, 0.1) is 37.4 Å². The Hall–Kier alpha value is -3.59. The van der Waals surface area contributed by atoms with Crippen LogP contribution < -0.4 is 20.9 Å². The molecule has 9 nitrogen and oxygen atoms in total. The zero-order chi connectivity index (χ0) is 20.8. The molecule has 0 unspecified atom stereocenters. The number of nitrogens with two attached hydrogens (primary N) is 2. The first-order chi connectivity index (χ1) is 14.0. The molecule has 0 aliphatic heterocycles. The van der Waals surface area contributed by atoms with Crippen LogP contribution >= 0.6 is 0 Å². The molecular formula is C20H23N5O4. The van der Waals surface area contributed by atoms with Crippen LogP contribution in [0.2, 0.25) is 0 Å². The van der Waals surface area contributed by atoms with Crippen molar-refractivity contribution in [2.24, 2.45) is 12.8 Å². The van der Waals surface area contributed by atoms with Crippen LogP contribution in [0.4, 0.5) is 10.5 Å². The zero-order valence-electron chi connectivity index (χ0n) is 16.3. The zero-order valence-corrected chi connectivity index (χ0v) is 16.3. The minimum atomic E-state index is -0.906. The summed E-state index contributed by atoms with van der Waals surface area (Å²) in [6.45, 7) is 0.727. The molecule has 0 bridgehead atoms. The molecule has 4 N–H and O–H groups in total. The summed E-state index contributed by atoms with van der Waals surface area (Å²) < 4.78 is 17.6. The molecule has 0 fully saturated rings. The summed E-state index contributed by atoms with van der Waals surface area (Å²) in [6, 6.07) is 10.8. The van der Waals surface area contributed by atoms with Crippen LogP contribution in [0.5, 0.6) is 11.6 Å². The molecule has 152 valence electrons. The number of aromatic nitrogens is 3. The van der Waals surface area contributed by atoms with Gasteiger partial charge in [0.2, 0.25) is 5.88 Å². The lowest BCUT2D eigenvalue weighted by atomic mass is 10.0. The van der Waals surface area contributed by atoms with Gasteiger partial charge >= 0.3 is 6.09 Å². The Labute approximate surface area is 168 Å². The lowest BCUT2D eigenvalue weighted by Gasteiger charge is -2.13. The summed E-state index contributed by atoms with van der Waals surface area (Å²) in [5.41, 5.74) is 15.0. The van der Waals surface area contributed by atoms with Gasteiger partial charge in [0.25, 0.3) is 0 Å². The summed E-state index contributed by atoms with van der Waals surface area (Å²) in [5, 5.41) is 4.43. The highest BCUT2D eigenvalue weighted by atomic mass is 16.6. The third-order valence-corrected chi connectivity index (χ3v) is 4.14. The van der Waals surface area contributed by atoms with Gasteiger partial charge in [-0.2, -0.15) is 5.10 Å². The van der Waals surface area contributed by atoms with Gasteiger partial charge in [0, 0.05) is 24.9 Å². The summed E-state index contributed by atoms with van der Waals surface area (Å²) in [5.74, 6) is 0.741. The van der Waals surface area contributed by atoms with Gasteiger partial charge in [-0.05, 0) is 36.2 Å². The van der Waals surface area contributed by atoms with Crippen LogP contribution in [0, 0.1) is 0 Å². The van der Waals surface area contributed by atoms with Crippen molar-refractivity contribution < 1.29 is 19.0 Å². The van der Waals surface area contributed by atoms with Crippen molar-refractivity contribution in [1.29, 1.82) is 0 Å². The van der Waals surface area contributed by atoms with Crippen LogP contribution in [0.3, 0.4) is 0 Å². The molecule has 3 aromatic rings. The van der Waals surface area contributed by atoms with Gasteiger partial charge in [-0.25, -0.2) is 9.78 Å². The summed E-state index contributed by atoms with van der Waals surface area (Å²) >= 11 is 0. The average Bonchev–Trinajstić information content (AvgIpc) is 3.11. The number of carbonyl (C=O) groups excluding carboxylic acids is 1. The smallest absolute Gasteiger partial charge is 0.411 e. The normalized spacial score (nSPS) is 10.7. The lowest BCUT2D eigenvalue weighted by molar-refractivity contribution is 0.120. The molecule has 9 heteroatoms. The molecule has 0 saturated heterocycles. The number of nitrogen functional groups attached to an aromatic ring is 1. The standard InChI is InChI=1S/C20H23N5O4/c1-25-8-6-17(24-25)15-10-13(11-16(21)19(15)27-2)7-9-28-12-14-4-3-5-18(23-14)29-20(22)26/h3-6,8,10-11H,7,9,12,21H2,1-2H3,(H2,22,26). The van der Waals surface area contributed by atoms with Crippen molar-refractivity contribution in [2.75, 3.05) is 19.5 Å². The van der Waals surface area contributed by atoms with Gasteiger partial charge in [-0.3, -0.25) is 4.68 Å². The Kier molecular flexibility index (Phi) is 6.30. The monoisotopic (exact) mass is 397 g/mol. The third kappa shape index (κ3) is 5.23. The van der Waals surface area contributed by atoms with Gasteiger partial charge in [-0.15, -0.1) is 0 Å². The summed E-state index contributed by atoms with van der Waals surface area (Å²) in [4.78, 5) is 15.0. The van der Waals surface area contributed by atoms with Crippen molar-refractivity contribution >= 4 is 11.8 Å². The van der Waals surface area contributed by atoms with Crippen LogP contribution in [-0.2, 0) is 24.8 Å². The number of methoxy groups -OCH3 is 1. The van der Waals surface area contributed by atoms with Crippen molar-refractivity contribution in [2.45, 2.75) is 13.0 Å². The number of nitrogens with zero attached hydrogens (tertiary/aromatic N) is 3. The van der Waals surface area contributed by atoms with E-state index in [4.69, 9.17) is 25.7 Å². The molecule has 3 rings (SSSR count). The van der Waals surface area contributed by atoms with Crippen molar-refractivity contribution in [3.05, 3.63) is 53.9 Å². The van der Waals surface area contributed by atoms with E-state index >= 15 is 0 Å². The predicted molar refractivity (Wildman–Crippen MR) is 107 cm³/mol. The molecule has 0 saturated carbocycles. The second-order valence-electron chi connectivity index (χ2n) is 6.33. The Bertz CT molecular complexity index is 1000. The minimum absolute atomic E-state index is 0.140. The maximum Gasteiger partial charge on any atom is 0.411 e. The number of rotatable bonds is 8. The van der Waals surface area contributed by atoms with E-state index < -0.39 is 6.09 Å². The molecule has 0 radical (unpaired) electrons. The Morgan fingerprint density at radius 1 is 1.24 bits per heavy atom. The number of hydrogen-bond donors (Lipinski definition) is 2. The van der Waals surface area contributed by atoms with Crippen molar-refractivity contribution in [3.8, 4) is 22.9 Å². The highest BCUT2D eigenvalue weighted by Crippen LogP contribution is 2.35. The first-order valence-electron chi connectivity index (χ1n) is 8.93. The average molecular weight is 397 g/mol. The summed E-state index contributed by atoms with van der Waals surface area (Å²) in [6.07, 6.45) is 1.60. The number of benzene rings is 1. The minimum Gasteiger partial charge on any atom is -0.494 e. The molecular weight excluding hydrogens is 374 g/mol. The molecule has 2 heterocycles. The molecule has 2 aromatic heterocycles. The van der Waals surface area contributed by atoms with E-state index in [1.54, 1.807) is 30.0 Å². The van der Waals surface area contributed by atoms with Crippen LogP contribution in [0.1, 0.15) is 11.3 Å². The molecule has 1 aromatic carbocycles. The number of pyridine rings is 1. The Morgan fingerprint density at radius 2 is 2.07 bits per heavy atom. The number of amides is 1. The number of ether oxygens (including phenoxy) is 3. The second-order valence-corrected chi connectivity index (χ2v) is 6.33. The van der Waals surface area contributed by atoms with Crippen LogP contribution in [0.15, 0.2) is 42.6 Å². The van der Waals surface area contributed by atoms with Crippen LogP contribution in [0.25, 0.3) is 11.3 Å². The van der Waals surface area contributed by atoms with Crippen molar-refractivity contribution in [1.82, 2.24) is 14.8 Å². The molecule has 0 aliphatic carbocycles. The maximum atomic E-state index is 10.8. The fraction of sp³-hybridized carbons (Fsp3) is 0.250. The Morgan fingerprint density at radius 3 is 2.76 bits per heavy atom. The van der Waals surface area contributed by atoms with Crippen molar-refractivity contribution in [3.63, 3.8) is 0 Å². The van der Waals surface area contributed by atoms with E-state index in [2.05, 4.69) is 10.1 Å². The Balaban J connectivity index is 1.64. The van der Waals surface area contributed by atoms with Gasteiger partial charge in [-0.1, -0.05) is 6.07 Å². The topological polar surface area (TPSA) is 128 Å². The maximum absolute atomic E-state index is 10.8. The lowest BCUT2D eigenvalue weighted by Crippen LogP contribution is -2.17. The number of aryl methyl sites for hydroxylation is 1. The van der Waals surface area contributed by atoms with Gasteiger partial charge in [0.1, 0.15) is 0 Å². The highest BCUT2D eigenvalue weighted by Gasteiger charge is 2.14. The fourth-order valence-corrected chi connectivity index (χ4v) is 2.90. The van der Waals surface area contributed by atoms with E-state index in [0.29, 0.717) is 30.2 Å². The number of anilines is 1. The van der Waals surface area contributed by atoms with E-state index in [1.165, 1.54) is 0 Å². The second kappa shape index (κ2) is 9.07. The molecule has 0 aliphatic rings. The first-order valence-corrected chi connectivity index (χ1v) is 8.93. The number of primary amides is 1. The third-order valence-electron chi connectivity index (χ3n) is 4.14. The van der Waals surface area contributed by atoms with E-state index in [-0.39, 0.29) is 12.5 Å². The molecule has 29 heavy (non-hydrogen) atoms. The van der Waals surface area contributed by atoms with E-state index in [1.807, 2.05) is 31.4 Å². The van der Waals surface area contributed by atoms with E-state index in [9.17, 15) is 4.79 Å². The quantitative estimate of drug-likeness (QED) is 0.441. The predicted octanol–water partition coefficient (Wildman–Crippen LogP) is 2.29. The highest BCUT2D eigenvalue weighted by molar-refractivity contribution is 5.76. The number of carbonyl (C=O) groups is 1. The van der Waals surface area contributed by atoms with Gasteiger partial charge in [0.15, 0.2) is 5.75 Å². The number of hydrogen-bond acceptors (Lipinski definition) is 7. The van der Waals surface area contributed by atoms with Crippen LogP contribution in [-0.4, -0.2) is 34.6 Å². The molecule has 0 atom stereocenters. The SMILES string of the molecule is COc1c(N)cc(CCOCc2cccc(OC(N)=O)n2)cc1-c1ccn(C)n1. The van der Waals surface area contributed by atoms with Gasteiger partial charge < -0.3 is 25.7 Å². The molecule has 1 amide bonds. The summed E-state index contributed by atoms with van der Waals surface area (Å²) in [7, 11) is 3.44.